The zero-order chi connectivity index (χ0) is 17.8. The molecule has 0 atom stereocenters. The van der Waals surface area contributed by atoms with Crippen LogP contribution >= 0.6 is 0 Å². The molecule has 0 bridgehead atoms. The first-order chi connectivity index (χ1) is 12.8. The number of carbonyl (C=O) groups is 1. The molecule has 1 saturated carbocycles. The number of rotatable bonds is 6. The molecule has 1 aliphatic rings. The van der Waals surface area contributed by atoms with E-state index < -0.39 is 0 Å². The Morgan fingerprint density at radius 1 is 0.885 bits per heavy atom. The van der Waals surface area contributed by atoms with Gasteiger partial charge in [-0.25, -0.2) is 4.98 Å². The molecule has 0 radical (unpaired) electrons. The van der Waals surface area contributed by atoms with Crippen LogP contribution in [0.15, 0.2) is 79.0 Å². The Morgan fingerprint density at radius 3 is 2.00 bits per heavy atom. The minimum atomic E-state index is -0.372. The van der Waals surface area contributed by atoms with Gasteiger partial charge in [0.2, 0.25) is 5.91 Å². The average Bonchev–Trinajstić information content (AvgIpc) is 3.49. The molecule has 26 heavy (non-hydrogen) atoms. The third-order valence-corrected chi connectivity index (χ3v) is 4.49. The molecule has 0 spiro atoms. The molecule has 0 unspecified atom stereocenters. The van der Waals surface area contributed by atoms with Crippen LogP contribution in [0.25, 0.3) is 0 Å². The summed E-state index contributed by atoms with van der Waals surface area (Å²) in [5.74, 6) is 0.106. The van der Waals surface area contributed by atoms with Crippen LogP contribution in [-0.2, 0) is 4.79 Å². The second-order valence-electron chi connectivity index (χ2n) is 6.59. The van der Waals surface area contributed by atoms with Gasteiger partial charge >= 0.3 is 0 Å². The number of nitrogens with one attached hydrogen (secondary N) is 2. The number of nitrogens with zero attached hydrogens (tertiary/aromatic N) is 1. The van der Waals surface area contributed by atoms with E-state index in [-0.39, 0.29) is 11.8 Å². The second kappa shape index (κ2) is 7.40. The molecule has 130 valence electrons. The Balaban J connectivity index is 1.54. The van der Waals surface area contributed by atoms with Crippen molar-refractivity contribution in [1.82, 2.24) is 4.98 Å². The molecule has 4 heteroatoms. The number of anilines is 2. The summed E-state index contributed by atoms with van der Waals surface area (Å²) in [4.78, 5) is 17.4. The van der Waals surface area contributed by atoms with Crippen LogP contribution in [0.2, 0.25) is 0 Å². The Morgan fingerprint density at radius 2 is 1.50 bits per heavy atom. The van der Waals surface area contributed by atoms with Crippen LogP contribution in [0.4, 0.5) is 11.5 Å². The maximum atomic E-state index is 13.0. The SMILES string of the molecule is O=C(Nc1ccc(NC2CC2)cn1)C(c1ccccc1)c1ccccc1. The van der Waals surface area contributed by atoms with Gasteiger partial charge in [-0.1, -0.05) is 60.7 Å². The summed E-state index contributed by atoms with van der Waals surface area (Å²) in [6.45, 7) is 0. The molecule has 0 saturated heterocycles. The number of carbonyl (C=O) groups excluding carboxylic acids is 1. The molecular formula is C22H21N3O. The van der Waals surface area contributed by atoms with Gasteiger partial charge in [0.05, 0.1) is 17.8 Å². The molecule has 1 aromatic heterocycles. The minimum absolute atomic E-state index is 0.0854. The topological polar surface area (TPSA) is 54.0 Å². The van der Waals surface area contributed by atoms with E-state index in [4.69, 9.17) is 0 Å². The van der Waals surface area contributed by atoms with E-state index >= 15 is 0 Å². The summed E-state index contributed by atoms with van der Waals surface area (Å²) in [5.41, 5.74) is 2.92. The highest BCUT2D eigenvalue weighted by Crippen LogP contribution is 2.27. The highest BCUT2D eigenvalue weighted by molar-refractivity contribution is 5.97. The molecule has 1 heterocycles. The van der Waals surface area contributed by atoms with Gasteiger partial charge in [-0.05, 0) is 36.1 Å². The fourth-order valence-corrected chi connectivity index (χ4v) is 3.00. The molecule has 2 N–H and O–H groups in total. The number of benzene rings is 2. The summed E-state index contributed by atoms with van der Waals surface area (Å²) < 4.78 is 0. The standard InChI is InChI=1S/C22H21N3O/c26-22(25-20-14-13-19(15-23-20)24-18-11-12-18)21(16-7-3-1-4-8-16)17-9-5-2-6-10-17/h1-10,13-15,18,21,24H,11-12H2,(H,23,25,26). The largest absolute Gasteiger partial charge is 0.381 e. The summed E-state index contributed by atoms with van der Waals surface area (Å²) in [6, 6.07) is 24.0. The van der Waals surface area contributed by atoms with E-state index in [1.807, 2.05) is 72.8 Å². The third-order valence-electron chi connectivity index (χ3n) is 4.49. The summed E-state index contributed by atoms with van der Waals surface area (Å²) in [7, 11) is 0. The highest BCUT2D eigenvalue weighted by atomic mass is 16.1. The fraction of sp³-hybridized carbons (Fsp3) is 0.182. The van der Waals surface area contributed by atoms with Gasteiger partial charge in [0, 0.05) is 6.04 Å². The van der Waals surface area contributed by atoms with Crippen LogP contribution in [0.3, 0.4) is 0 Å². The van der Waals surface area contributed by atoms with Crippen molar-refractivity contribution >= 4 is 17.4 Å². The van der Waals surface area contributed by atoms with Gasteiger partial charge < -0.3 is 10.6 Å². The molecule has 4 nitrogen and oxygen atoms in total. The molecule has 4 rings (SSSR count). The molecule has 1 aliphatic carbocycles. The first-order valence-electron chi connectivity index (χ1n) is 8.93. The number of hydrogen-bond acceptors (Lipinski definition) is 3. The Kier molecular flexibility index (Phi) is 4.65. The minimum Gasteiger partial charge on any atom is -0.381 e. The molecule has 1 amide bonds. The van der Waals surface area contributed by atoms with Gasteiger partial charge in [0.15, 0.2) is 0 Å². The molecule has 3 aromatic rings. The van der Waals surface area contributed by atoms with Crippen molar-refractivity contribution in [2.24, 2.45) is 0 Å². The maximum Gasteiger partial charge on any atom is 0.237 e. The van der Waals surface area contributed by atoms with E-state index in [1.54, 1.807) is 6.20 Å². The van der Waals surface area contributed by atoms with E-state index in [2.05, 4.69) is 15.6 Å². The summed E-state index contributed by atoms with van der Waals surface area (Å²) >= 11 is 0. The Labute approximate surface area is 153 Å². The van der Waals surface area contributed by atoms with Crippen molar-refractivity contribution in [3.8, 4) is 0 Å². The highest BCUT2D eigenvalue weighted by Gasteiger charge is 2.23. The zero-order valence-corrected chi connectivity index (χ0v) is 14.4. The van der Waals surface area contributed by atoms with Crippen molar-refractivity contribution in [1.29, 1.82) is 0 Å². The lowest BCUT2D eigenvalue weighted by molar-refractivity contribution is -0.116. The van der Waals surface area contributed by atoms with Gasteiger partial charge in [-0.15, -0.1) is 0 Å². The van der Waals surface area contributed by atoms with Crippen LogP contribution < -0.4 is 10.6 Å². The predicted molar refractivity (Wildman–Crippen MR) is 104 cm³/mol. The van der Waals surface area contributed by atoms with Gasteiger partial charge in [-0.3, -0.25) is 4.79 Å². The summed E-state index contributed by atoms with van der Waals surface area (Å²) in [6.07, 6.45) is 4.20. The van der Waals surface area contributed by atoms with E-state index in [0.717, 1.165) is 16.8 Å². The van der Waals surface area contributed by atoms with Crippen molar-refractivity contribution in [3.63, 3.8) is 0 Å². The fourth-order valence-electron chi connectivity index (χ4n) is 3.00. The molecular weight excluding hydrogens is 322 g/mol. The zero-order valence-electron chi connectivity index (χ0n) is 14.4. The van der Waals surface area contributed by atoms with E-state index in [0.29, 0.717) is 11.9 Å². The van der Waals surface area contributed by atoms with Crippen LogP contribution in [0.1, 0.15) is 29.9 Å². The van der Waals surface area contributed by atoms with Crippen LogP contribution in [0, 0.1) is 0 Å². The molecule has 0 aliphatic heterocycles. The number of aromatic nitrogens is 1. The van der Waals surface area contributed by atoms with Crippen molar-refractivity contribution in [2.45, 2.75) is 24.8 Å². The number of amides is 1. The van der Waals surface area contributed by atoms with Crippen molar-refractivity contribution < 1.29 is 4.79 Å². The summed E-state index contributed by atoms with van der Waals surface area (Å²) in [5, 5.41) is 6.35. The molecule has 2 aromatic carbocycles. The third kappa shape index (κ3) is 3.91. The van der Waals surface area contributed by atoms with Crippen LogP contribution in [0.5, 0.6) is 0 Å². The lowest BCUT2D eigenvalue weighted by Crippen LogP contribution is -2.22. The number of pyridine rings is 1. The lowest BCUT2D eigenvalue weighted by Gasteiger charge is -2.17. The number of hydrogen-bond donors (Lipinski definition) is 2. The smallest absolute Gasteiger partial charge is 0.237 e. The Hall–Kier alpha value is -3.14. The van der Waals surface area contributed by atoms with Crippen molar-refractivity contribution in [3.05, 3.63) is 90.1 Å². The average molecular weight is 343 g/mol. The van der Waals surface area contributed by atoms with Crippen molar-refractivity contribution in [2.75, 3.05) is 10.6 Å². The van der Waals surface area contributed by atoms with Crippen LogP contribution in [-0.4, -0.2) is 16.9 Å². The van der Waals surface area contributed by atoms with Gasteiger partial charge in [-0.2, -0.15) is 0 Å². The monoisotopic (exact) mass is 343 g/mol. The lowest BCUT2D eigenvalue weighted by atomic mass is 9.90. The quantitative estimate of drug-likeness (QED) is 0.696. The Bertz CT molecular complexity index is 819. The molecule has 1 fully saturated rings. The van der Waals surface area contributed by atoms with E-state index in [1.165, 1.54) is 12.8 Å². The van der Waals surface area contributed by atoms with Gasteiger partial charge in [0.1, 0.15) is 5.82 Å². The predicted octanol–water partition coefficient (Wildman–Crippen LogP) is 4.43. The van der Waals surface area contributed by atoms with E-state index in [9.17, 15) is 4.79 Å². The maximum absolute atomic E-state index is 13.0. The second-order valence-corrected chi connectivity index (χ2v) is 6.59. The van der Waals surface area contributed by atoms with Gasteiger partial charge in [0.25, 0.3) is 0 Å². The first kappa shape index (κ1) is 16.3. The first-order valence-corrected chi connectivity index (χ1v) is 8.93. The normalized spacial score (nSPS) is 13.4.